The molecule has 2 N–H and O–H groups in total. The van der Waals surface area contributed by atoms with Gasteiger partial charge in [0.25, 0.3) is 0 Å². The van der Waals surface area contributed by atoms with Crippen molar-refractivity contribution in [2.24, 2.45) is 0 Å². The molecular formula is C9H11Br2N2O2. The van der Waals surface area contributed by atoms with Crippen molar-refractivity contribution >= 4 is 38.0 Å². The van der Waals surface area contributed by atoms with Crippen molar-refractivity contribution < 1.29 is 9.53 Å². The van der Waals surface area contributed by atoms with Gasteiger partial charge in [-0.25, -0.2) is 4.79 Å². The minimum atomic E-state index is -0.474. The molecule has 0 atom stereocenters. The van der Waals surface area contributed by atoms with Crippen LogP contribution >= 0.6 is 31.9 Å². The summed E-state index contributed by atoms with van der Waals surface area (Å²) in [6.07, 6.45) is 2.82. The molecule has 0 aromatic carbocycles. The summed E-state index contributed by atoms with van der Waals surface area (Å²) in [7, 11) is 0. The maximum absolute atomic E-state index is 11.3. The molecule has 1 aliphatic rings. The number of hydrogen-bond donors (Lipinski definition) is 2. The van der Waals surface area contributed by atoms with Crippen LogP contribution in [0.4, 0.5) is 4.79 Å². The molecule has 1 amide bonds. The SMILES string of the molecule is CC(C)OC(=O)N[C]1C(Br)=CNC=C1Br. The average Bonchev–Trinajstić information content (AvgIpc) is 2.10. The number of carbonyl (C=O) groups excluding carboxylic acids is 1. The number of hydrogen-bond acceptors (Lipinski definition) is 3. The van der Waals surface area contributed by atoms with Gasteiger partial charge >= 0.3 is 6.09 Å². The van der Waals surface area contributed by atoms with Gasteiger partial charge in [-0.15, -0.1) is 0 Å². The van der Waals surface area contributed by atoms with Gasteiger partial charge in [0.05, 0.1) is 6.10 Å². The van der Waals surface area contributed by atoms with Crippen molar-refractivity contribution in [3.05, 3.63) is 27.4 Å². The lowest BCUT2D eigenvalue weighted by molar-refractivity contribution is 0.117. The van der Waals surface area contributed by atoms with Crippen molar-refractivity contribution in [1.29, 1.82) is 0 Å². The van der Waals surface area contributed by atoms with Crippen LogP contribution in [-0.2, 0) is 4.74 Å². The topological polar surface area (TPSA) is 50.4 Å². The molecule has 0 aromatic heterocycles. The Morgan fingerprint density at radius 3 is 2.40 bits per heavy atom. The van der Waals surface area contributed by atoms with E-state index in [0.717, 1.165) is 8.96 Å². The molecule has 4 nitrogen and oxygen atoms in total. The molecule has 0 aromatic rings. The first-order valence-corrected chi connectivity index (χ1v) is 5.92. The molecule has 83 valence electrons. The van der Waals surface area contributed by atoms with E-state index in [-0.39, 0.29) is 6.10 Å². The number of dihydropyridines is 1. The van der Waals surface area contributed by atoms with Gasteiger partial charge in [-0.2, -0.15) is 0 Å². The van der Waals surface area contributed by atoms with Crippen LogP contribution in [0.15, 0.2) is 21.4 Å². The molecule has 0 spiro atoms. The molecule has 1 radical (unpaired) electrons. The van der Waals surface area contributed by atoms with E-state index in [4.69, 9.17) is 4.74 Å². The van der Waals surface area contributed by atoms with Gasteiger partial charge in [0.15, 0.2) is 0 Å². The quantitative estimate of drug-likeness (QED) is 0.814. The highest BCUT2D eigenvalue weighted by Gasteiger charge is 2.23. The van der Waals surface area contributed by atoms with E-state index in [0.29, 0.717) is 6.04 Å². The van der Waals surface area contributed by atoms with E-state index < -0.39 is 6.09 Å². The Labute approximate surface area is 105 Å². The number of nitrogens with one attached hydrogen (secondary N) is 2. The third kappa shape index (κ3) is 3.87. The van der Waals surface area contributed by atoms with Crippen molar-refractivity contribution in [1.82, 2.24) is 10.6 Å². The lowest BCUT2D eigenvalue weighted by atomic mass is 10.2. The van der Waals surface area contributed by atoms with E-state index in [9.17, 15) is 4.79 Å². The fourth-order valence-electron chi connectivity index (χ4n) is 0.911. The van der Waals surface area contributed by atoms with E-state index >= 15 is 0 Å². The Balaban J connectivity index is 2.56. The van der Waals surface area contributed by atoms with Crippen molar-refractivity contribution in [3.8, 4) is 0 Å². The van der Waals surface area contributed by atoms with Crippen LogP contribution in [-0.4, -0.2) is 12.2 Å². The smallest absolute Gasteiger partial charge is 0.408 e. The van der Waals surface area contributed by atoms with Gasteiger partial charge in [0, 0.05) is 21.4 Å². The number of alkyl carbamates (subject to hydrolysis) is 1. The average molecular weight is 339 g/mol. The molecule has 1 heterocycles. The zero-order valence-corrected chi connectivity index (χ0v) is 11.5. The van der Waals surface area contributed by atoms with Gasteiger partial charge < -0.3 is 15.4 Å². The van der Waals surface area contributed by atoms with E-state index in [1.807, 2.05) is 0 Å². The van der Waals surface area contributed by atoms with Crippen molar-refractivity contribution in [2.75, 3.05) is 0 Å². The molecule has 6 heteroatoms. The molecule has 0 aliphatic carbocycles. The van der Waals surface area contributed by atoms with Crippen molar-refractivity contribution in [3.63, 3.8) is 0 Å². The number of halogens is 2. The Morgan fingerprint density at radius 2 is 1.93 bits per heavy atom. The minimum absolute atomic E-state index is 0.141. The summed E-state index contributed by atoms with van der Waals surface area (Å²) in [6, 6.07) is 0.638. The molecule has 0 saturated carbocycles. The predicted octanol–water partition coefficient (Wildman–Crippen LogP) is 2.73. The Kier molecular flexibility index (Phi) is 4.66. The highest BCUT2D eigenvalue weighted by Crippen LogP contribution is 2.30. The number of carbonyl (C=O) groups is 1. The molecule has 0 unspecified atom stereocenters. The first kappa shape index (κ1) is 12.6. The fourth-order valence-corrected chi connectivity index (χ4v) is 2.07. The summed E-state index contributed by atoms with van der Waals surface area (Å²) in [5, 5.41) is 5.53. The molecule has 0 fully saturated rings. The fraction of sp³-hybridized carbons (Fsp3) is 0.333. The lowest BCUT2D eigenvalue weighted by Gasteiger charge is -2.20. The van der Waals surface area contributed by atoms with Crippen LogP contribution in [0.1, 0.15) is 13.8 Å². The maximum Gasteiger partial charge on any atom is 0.408 e. The third-order valence-electron chi connectivity index (χ3n) is 1.47. The van der Waals surface area contributed by atoms with E-state index in [1.54, 1.807) is 26.2 Å². The summed E-state index contributed by atoms with van der Waals surface area (Å²) in [6.45, 7) is 3.59. The van der Waals surface area contributed by atoms with Crippen LogP contribution < -0.4 is 10.6 Å². The molecule has 15 heavy (non-hydrogen) atoms. The second kappa shape index (κ2) is 5.55. The van der Waals surface area contributed by atoms with E-state index in [1.165, 1.54) is 0 Å². The maximum atomic E-state index is 11.3. The van der Waals surface area contributed by atoms with Gasteiger partial charge in [0.2, 0.25) is 0 Å². The van der Waals surface area contributed by atoms with Crippen LogP contribution in [0.25, 0.3) is 0 Å². The second-order valence-electron chi connectivity index (χ2n) is 3.11. The Morgan fingerprint density at radius 1 is 1.40 bits per heavy atom. The number of rotatable bonds is 2. The largest absolute Gasteiger partial charge is 0.447 e. The van der Waals surface area contributed by atoms with Crippen LogP contribution in [0.2, 0.25) is 0 Å². The summed E-state index contributed by atoms with van der Waals surface area (Å²) < 4.78 is 6.46. The van der Waals surface area contributed by atoms with Gasteiger partial charge in [-0.1, -0.05) is 31.9 Å². The summed E-state index contributed by atoms with van der Waals surface area (Å²) in [5.74, 6) is 0. The minimum Gasteiger partial charge on any atom is -0.447 e. The van der Waals surface area contributed by atoms with E-state index in [2.05, 4.69) is 42.5 Å². The molecule has 1 aliphatic heterocycles. The standard InChI is InChI=1S/C9H11Br2N2O2/c1-5(2)15-9(14)13-8-6(10)3-12-4-7(8)11/h3-5,12H,1-2H3,(H,13,14). The zero-order valence-electron chi connectivity index (χ0n) is 8.30. The third-order valence-corrected chi connectivity index (χ3v) is 2.72. The molecule has 0 bridgehead atoms. The summed E-state index contributed by atoms with van der Waals surface area (Å²) in [5.41, 5.74) is 0. The normalized spacial score (nSPS) is 16.6. The Hall–Kier alpha value is -0.490. The second-order valence-corrected chi connectivity index (χ2v) is 4.81. The first-order valence-electron chi connectivity index (χ1n) is 4.33. The predicted molar refractivity (Wildman–Crippen MR) is 65.2 cm³/mol. The van der Waals surface area contributed by atoms with Crippen molar-refractivity contribution in [2.45, 2.75) is 20.0 Å². The van der Waals surface area contributed by atoms with Gasteiger partial charge in [-0.05, 0) is 13.8 Å². The summed E-state index contributed by atoms with van der Waals surface area (Å²) >= 11 is 6.62. The highest BCUT2D eigenvalue weighted by molar-refractivity contribution is 9.12. The monoisotopic (exact) mass is 337 g/mol. The van der Waals surface area contributed by atoms with Crippen LogP contribution in [0, 0.1) is 6.04 Å². The molecule has 0 saturated heterocycles. The van der Waals surface area contributed by atoms with Gasteiger partial charge in [0.1, 0.15) is 6.04 Å². The van der Waals surface area contributed by atoms with Gasteiger partial charge in [-0.3, -0.25) is 0 Å². The first-order chi connectivity index (χ1) is 7.00. The van der Waals surface area contributed by atoms with Crippen LogP contribution in [0.3, 0.4) is 0 Å². The highest BCUT2D eigenvalue weighted by atomic mass is 79.9. The molecule has 1 rings (SSSR count). The zero-order chi connectivity index (χ0) is 11.4. The molecular weight excluding hydrogens is 328 g/mol. The number of amides is 1. The summed E-state index contributed by atoms with van der Waals surface area (Å²) in [4.78, 5) is 11.3. The Bertz CT molecular complexity index is 295. The lowest BCUT2D eigenvalue weighted by Crippen LogP contribution is -2.33. The van der Waals surface area contributed by atoms with Crippen LogP contribution in [0.5, 0.6) is 0 Å². The number of ether oxygens (including phenoxy) is 1.